The molecule has 31 heavy (non-hydrogen) atoms. The monoisotopic (exact) mass is 466 g/mol. The number of unbranched alkanes of at least 4 members (excludes halogenated alkanes) is 2. The molecule has 2 aromatic rings. The summed E-state index contributed by atoms with van der Waals surface area (Å²) in [7, 11) is -3.78. The van der Waals surface area contributed by atoms with Crippen LogP contribution in [0.25, 0.3) is 0 Å². The summed E-state index contributed by atoms with van der Waals surface area (Å²) in [5, 5.41) is 2.84. The van der Waals surface area contributed by atoms with E-state index in [1.807, 2.05) is 0 Å². The second kappa shape index (κ2) is 10.9. The topological polar surface area (TPSA) is 84.9 Å². The minimum atomic E-state index is -3.78. The highest BCUT2D eigenvalue weighted by Crippen LogP contribution is 2.28. The third-order valence-corrected chi connectivity index (χ3v) is 7.29. The number of nitrogens with one attached hydrogen (secondary N) is 1. The van der Waals surface area contributed by atoms with Gasteiger partial charge in [-0.1, -0.05) is 31.4 Å². The van der Waals surface area contributed by atoms with Crippen molar-refractivity contribution in [2.75, 3.05) is 38.2 Å². The zero-order chi connectivity index (χ0) is 22.3. The van der Waals surface area contributed by atoms with Gasteiger partial charge in [0.1, 0.15) is 10.6 Å². The largest absolute Gasteiger partial charge is 0.494 e. The fraction of sp³-hybridized carbons (Fsp3) is 0.409. The van der Waals surface area contributed by atoms with Crippen LogP contribution in [0.4, 0.5) is 5.69 Å². The van der Waals surface area contributed by atoms with Crippen molar-refractivity contribution in [1.82, 2.24) is 4.31 Å². The summed E-state index contributed by atoms with van der Waals surface area (Å²) in [4.78, 5) is 12.6. The Kier molecular flexibility index (Phi) is 8.31. The maximum atomic E-state index is 12.9. The molecular weight excluding hydrogens is 440 g/mol. The first-order chi connectivity index (χ1) is 14.9. The summed E-state index contributed by atoms with van der Waals surface area (Å²) in [5.74, 6) is 0.354. The number of morpholine rings is 1. The van der Waals surface area contributed by atoms with Crippen molar-refractivity contribution in [2.45, 2.75) is 31.1 Å². The van der Waals surface area contributed by atoms with E-state index in [0.717, 1.165) is 19.3 Å². The maximum Gasteiger partial charge on any atom is 0.255 e. The fourth-order valence-corrected chi connectivity index (χ4v) is 5.06. The third-order valence-electron chi connectivity index (χ3n) is 4.91. The highest BCUT2D eigenvalue weighted by Gasteiger charge is 2.28. The van der Waals surface area contributed by atoms with E-state index < -0.39 is 10.0 Å². The molecule has 7 nitrogen and oxygen atoms in total. The molecular formula is C22H27ClN2O5S. The molecule has 1 aliphatic rings. The number of sulfonamides is 1. The first-order valence-electron chi connectivity index (χ1n) is 10.3. The van der Waals surface area contributed by atoms with Gasteiger partial charge in [-0.05, 0) is 48.9 Å². The summed E-state index contributed by atoms with van der Waals surface area (Å²) >= 11 is 6.17. The lowest BCUT2D eigenvalue weighted by atomic mass is 10.2. The number of ether oxygens (including phenoxy) is 2. The molecule has 9 heteroatoms. The lowest BCUT2D eigenvalue weighted by Gasteiger charge is -2.26. The van der Waals surface area contributed by atoms with Crippen LogP contribution in [0.3, 0.4) is 0 Å². The molecule has 1 amide bonds. The van der Waals surface area contributed by atoms with E-state index in [0.29, 0.717) is 36.8 Å². The number of nitrogens with zero attached hydrogens (tertiary/aromatic N) is 1. The van der Waals surface area contributed by atoms with Crippen LogP contribution in [0.1, 0.15) is 36.5 Å². The summed E-state index contributed by atoms with van der Waals surface area (Å²) in [6.45, 7) is 3.99. The number of amides is 1. The molecule has 0 bridgehead atoms. The molecule has 1 heterocycles. The van der Waals surface area contributed by atoms with Crippen LogP contribution in [0, 0.1) is 0 Å². The second-order valence-corrected chi connectivity index (χ2v) is 9.51. The molecule has 0 unspecified atom stereocenters. The smallest absolute Gasteiger partial charge is 0.255 e. The quantitative estimate of drug-likeness (QED) is 0.560. The van der Waals surface area contributed by atoms with E-state index >= 15 is 0 Å². The Hall–Kier alpha value is -2.13. The van der Waals surface area contributed by atoms with E-state index in [1.165, 1.54) is 16.4 Å². The van der Waals surface area contributed by atoms with Crippen LogP contribution >= 0.6 is 11.6 Å². The maximum absolute atomic E-state index is 12.9. The number of rotatable bonds is 9. The molecule has 0 aromatic heterocycles. The predicted molar refractivity (Wildman–Crippen MR) is 120 cm³/mol. The summed E-state index contributed by atoms with van der Waals surface area (Å²) in [6, 6.07) is 11.3. The van der Waals surface area contributed by atoms with Crippen molar-refractivity contribution in [2.24, 2.45) is 0 Å². The first-order valence-corrected chi connectivity index (χ1v) is 12.2. The number of carbonyl (C=O) groups is 1. The molecule has 1 aliphatic heterocycles. The second-order valence-electron chi connectivity index (χ2n) is 7.20. The van der Waals surface area contributed by atoms with E-state index in [-0.39, 0.29) is 28.9 Å². The van der Waals surface area contributed by atoms with Crippen molar-refractivity contribution in [3.63, 3.8) is 0 Å². The van der Waals surface area contributed by atoms with Crippen molar-refractivity contribution < 1.29 is 22.7 Å². The van der Waals surface area contributed by atoms with Crippen molar-refractivity contribution >= 4 is 33.2 Å². The Morgan fingerprint density at radius 1 is 1.13 bits per heavy atom. The van der Waals surface area contributed by atoms with Gasteiger partial charge in [-0.15, -0.1) is 0 Å². The predicted octanol–water partition coefficient (Wildman–Crippen LogP) is 4.18. The summed E-state index contributed by atoms with van der Waals surface area (Å²) in [6.07, 6.45) is 3.23. The van der Waals surface area contributed by atoms with E-state index in [2.05, 4.69) is 12.2 Å². The zero-order valence-electron chi connectivity index (χ0n) is 17.5. The lowest BCUT2D eigenvalue weighted by Crippen LogP contribution is -2.40. The van der Waals surface area contributed by atoms with Gasteiger partial charge < -0.3 is 14.8 Å². The van der Waals surface area contributed by atoms with Crippen LogP contribution in [0.5, 0.6) is 5.75 Å². The standard InChI is InChI=1S/C22H27ClN2O5S/c1-2-3-4-13-30-19-8-5-17(6-9-19)22(26)24-18-7-10-20(23)21(16-18)31(27,28)25-11-14-29-15-12-25/h5-10,16H,2-4,11-15H2,1H3,(H,24,26). The van der Waals surface area contributed by atoms with Gasteiger partial charge >= 0.3 is 0 Å². The number of hydrogen-bond acceptors (Lipinski definition) is 5. The van der Waals surface area contributed by atoms with Crippen molar-refractivity contribution in [3.05, 3.63) is 53.1 Å². The van der Waals surface area contributed by atoms with Crippen LogP contribution in [-0.4, -0.2) is 51.5 Å². The molecule has 1 fully saturated rings. The Morgan fingerprint density at radius 2 is 1.84 bits per heavy atom. The Labute approximate surface area is 188 Å². The fourth-order valence-electron chi connectivity index (χ4n) is 3.15. The van der Waals surface area contributed by atoms with Crippen molar-refractivity contribution in [1.29, 1.82) is 0 Å². The number of halogens is 1. The summed E-state index contributed by atoms with van der Waals surface area (Å²) < 4.78 is 38.1. The van der Waals surface area contributed by atoms with Gasteiger partial charge in [-0.25, -0.2) is 8.42 Å². The van der Waals surface area contributed by atoms with Crippen LogP contribution < -0.4 is 10.1 Å². The highest BCUT2D eigenvalue weighted by atomic mass is 35.5. The SMILES string of the molecule is CCCCCOc1ccc(C(=O)Nc2ccc(Cl)c(S(=O)(=O)N3CCOCC3)c2)cc1. The highest BCUT2D eigenvalue weighted by molar-refractivity contribution is 7.89. The van der Waals surface area contributed by atoms with Gasteiger partial charge in [0.15, 0.2) is 0 Å². The van der Waals surface area contributed by atoms with E-state index in [1.54, 1.807) is 30.3 Å². The average molecular weight is 467 g/mol. The van der Waals surface area contributed by atoms with E-state index in [4.69, 9.17) is 21.1 Å². The minimum Gasteiger partial charge on any atom is -0.494 e. The number of carbonyl (C=O) groups excluding carboxylic acids is 1. The van der Waals surface area contributed by atoms with Gasteiger partial charge in [0, 0.05) is 24.3 Å². The van der Waals surface area contributed by atoms with Crippen LogP contribution in [0.15, 0.2) is 47.4 Å². The minimum absolute atomic E-state index is 0.0373. The first kappa shape index (κ1) is 23.5. The Balaban J connectivity index is 1.68. The number of hydrogen-bond donors (Lipinski definition) is 1. The van der Waals surface area contributed by atoms with Crippen LogP contribution in [-0.2, 0) is 14.8 Å². The molecule has 0 spiro atoms. The molecule has 1 saturated heterocycles. The molecule has 0 saturated carbocycles. The molecule has 168 valence electrons. The molecule has 1 N–H and O–H groups in total. The van der Waals surface area contributed by atoms with Gasteiger partial charge in [-0.3, -0.25) is 4.79 Å². The van der Waals surface area contributed by atoms with Crippen LogP contribution in [0.2, 0.25) is 5.02 Å². The number of anilines is 1. The molecule has 0 aliphatic carbocycles. The van der Waals surface area contributed by atoms with Gasteiger partial charge in [0.25, 0.3) is 5.91 Å². The van der Waals surface area contributed by atoms with Gasteiger partial charge in [0.05, 0.1) is 24.8 Å². The average Bonchev–Trinajstić information content (AvgIpc) is 2.79. The van der Waals surface area contributed by atoms with E-state index in [9.17, 15) is 13.2 Å². The van der Waals surface area contributed by atoms with Crippen molar-refractivity contribution in [3.8, 4) is 5.75 Å². The molecule has 3 rings (SSSR count). The lowest BCUT2D eigenvalue weighted by molar-refractivity contribution is 0.0730. The number of benzene rings is 2. The molecule has 2 aromatic carbocycles. The van der Waals surface area contributed by atoms with Gasteiger partial charge in [-0.2, -0.15) is 4.31 Å². The third kappa shape index (κ3) is 6.20. The Bertz CT molecular complexity index is 989. The summed E-state index contributed by atoms with van der Waals surface area (Å²) in [5.41, 5.74) is 0.787. The Morgan fingerprint density at radius 3 is 2.52 bits per heavy atom. The zero-order valence-corrected chi connectivity index (χ0v) is 19.0. The normalized spacial score (nSPS) is 14.9. The molecule has 0 radical (unpaired) electrons. The van der Waals surface area contributed by atoms with Gasteiger partial charge in [0.2, 0.25) is 10.0 Å². The molecule has 0 atom stereocenters.